The molecule has 1 aliphatic heterocycles. The van der Waals surface area contributed by atoms with Crippen LogP contribution < -0.4 is 5.32 Å². The minimum absolute atomic E-state index is 0.0949. The molecule has 1 atom stereocenters. The second-order valence-electron chi connectivity index (χ2n) is 5.12. The van der Waals surface area contributed by atoms with Crippen molar-refractivity contribution < 1.29 is 4.74 Å². The normalized spacial score (nSPS) is 28.4. The van der Waals surface area contributed by atoms with Crippen LogP contribution in [0, 0.1) is 0 Å². The average molecular weight is 272 g/mol. The summed E-state index contributed by atoms with van der Waals surface area (Å²) in [7, 11) is 0. The second-order valence-corrected chi connectivity index (χ2v) is 6.87. The van der Waals surface area contributed by atoms with Gasteiger partial charge in [-0.3, -0.25) is 0 Å². The zero-order valence-electron chi connectivity index (χ0n) is 9.88. The Balaban J connectivity index is 1.74. The van der Waals surface area contributed by atoms with Gasteiger partial charge < -0.3 is 10.1 Å². The fraction of sp³-hybridized carbons (Fsp3) is 0.692. The monoisotopic (exact) mass is 271 g/mol. The maximum absolute atomic E-state index is 6.40. The molecular formula is C13H18ClNOS. The van der Waals surface area contributed by atoms with Gasteiger partial charge in [-0.2, -0.15) is 0 Å². The summed E-state index contributed by atoms with van der Waals surface area (Å²) in [6, 6.07) is 4.06. The largest absolute Gasteiger partial charge is 0.364 e. The van der Waals surface area contributed by atoms with Crippen LogP contribution in [0.1, 0.15) is 43.1 Å². The molecule has 1 N–H and O–H groups in total. The van der Waals surface area contributed by atoms with Crippen molar-refractivity contribution >= 4 is 22.9 Å². The van der Waals surface area contributed by atoms with Crippen LogP contribution in [-0.4, -0.2) is 18.7 Å². The Kier molecular flexibility index (Phi) is 3.44. The van der Waals surface area contributed by atoms with E-state index in [2.05, 4.69) is 11.4 Å². The molecule has 2 nitrogen and oxygen atoms in total. The highest BCUT2D eigenvalue weighted by Crippen LogP contribution is 2.39. The van der Waals surface area contributed by atoms with Crippen molar-refractivity contribution in [2.45, 2.75) is 43.8 Å². The molecule has 0 aromatic carbocycles. The van der Waals surface area contributed by atoms with E-state index < -0.39 is 0 Å². The summed E-state index contributed by atoms with van der Waals surface area (Å²) in [6.07, 6.45) is 6.57. The van der Waals surface area contributed by atoms with Crippen molar-refractivity contribution in [1.82, 2.24) is 5.32 Å². The highest BCUT2D eigenvalue weighted by molar-refractivity contribution is 7.16. The molecule has 1 aliphatic carbocycles. The van der Waals surface area contributed by atoms with E-state index in [1.165, 1.54) is 37.0 Å². The van der Waals surface area contributed by atoms with E-state index in [0.717, 1.165) is 17.4 Å². The summed E-state index contributed by atoms with van der Waals surface area (Å²) in [5, 5.41) is 3.54. The lowest BCUT2D eigenvalue weighted by molar-refractivity contribution is -0.134. The maximum Gasteiger partial charge on any atom is 0.105 e. The molecule has 1 aromatic rings. The molecule has 2 heterocycles. The predicted octanol–water partition coefficient (Wildman–Crippen LogP) is 3.77. The van der Waals surface area contributed by atoms with E-state index in [4.69, 9.17) is 16.3 Å². The third-order valence-corrected chi connectivity index (χ3v) is 5.17. The smallest absolute Gasteiger partial charge is 0.105 e. The second kappa shape index (κ2) is 4.88. The highest BCUT2D eigenvalue weighted by atomic mass is 35.5. The molecule has 0 amide bonds. The van der Waals surface area contributed by atoms with Crippen molar-refractivity contribution in [2.75, 3.05) is 13.1 Å². The maximum atomic E-state index is 6.40. The summed E-state index contributed by atoms with van der Waals surface area (Å²) in [6.45, 7) is 1.93. The number of halogens is 1. The zero-order valence-corrected chi connectivity index (χ0v) is 11.4. The Labute approximate surface area is 111 Å². The van der Waals surface area contributed by atoms with Crippen LogP contribution in [0.4, 0.5) is 0 Å². The zero-order chi connectivity index (χ0) is 11.7. The number of ether oxygens (including phenoxy) is 1. The molecule has 1 saturated heterocycles. The van der Waals surface area contributed by atoms with Crippen LogP contribution in [0.2, 0.25) is 4.34 Å². The van der Waals surface area contributed by atoms with Crippen LogP contribution >= 0.6 is 22.9 Å². The molecule has 1 spiro atoms. The molecule has 1 saturated carbocycles. The molecule has 4 heteroatoms. The summed E-state index contributed by atoms with van der Waals surface area (Å²) in [5.74, 6) is 0. The van der Waals surface area contributed by atoms with Crippen molar-refractivity contribution in [3.63, 3.8) is 0 Å². The number of rotatable bonds is 1. The van der Waals surface area contributed by atoms with Gasteiger partial charge in [0.1, 0.15) is 6.10 Å². The van der Waals surface area contributed by atoms with Crippen LogP contribution in [-0.2, 0) is 4.74 Å². The predicted molar refractivity (Wildman–Crippen MR) is 71.8 cm³/mol. The molecule has 1 unspecified atom stereocenters. The SMILES string of the molecule is Clc1ccc(C2CNCC3(CCCCC3)O2)s1. The minimum Gasteiger partial charge on any atom is -0.364 e. The van der Waals surface area contributed by atoms with Gasteiger partial charge in [-0.05, 0) is 25.0 Å². The van der Waals surface area contributed by atoms with Crippen LogP contribution in [0.3, 0.4) is 0 Å². The molecule has 0 bridgehead atoms. The lowest BCUT2D eigenvalue weighted by atomic mass is 9.83. The first-order chi connectivity index (χ1) is 8.27. The Bertz CT molecular complexity index is 381. The Hall–Kier alpha value is -0.0900. The fourth-order valence-electron chi connectivity index (χ4n) is 2.97. The van der Waals surface area contributed by atoms with Gasteiger partial charge in [0.25, 0.3) is 0 Å². The Morgan fingerprint density at radius 2 is 2.12 bits per heavy atom. The van der Waals surface area contributed by atoms with Gasteiger partial charge in [0, 0.05) is 18.0 Å². The van der Waals surface area contributed by atoms with Gasteiger partial charge in [0.2, 0.25) is 0 Å². The third kappa shape index (κ3) is 2.53. The third-order valence-electron chi connectivity index (χ3n) is 3.85. The number of morpholine rings is 1. The molecule has 17 heavy (non-hydrogen) atoms. The Morgan fingerprint density at radius 3 is 2.82 bits per heavy atom. The fourth-order valence-corrected chi connectivity index (χ4v) is 4.06. The van der Waals surface area contributed by atoms with E-state index in [0.29, 0.717) is 0 Å². The van der Waals surface area contributed by atoms with E-state index in [1.54, 1.807) is 11.3 Å². The quantitative estimate of drug-likeness (QED) is 0.840. The lowest BCUT2D eigenvalue weighted by Gasteiger charge is -2.44. The topological polar surface area (TPSA) is 21.3 Å². The number of hydrogen-bond donors (Lipinski definition) is 1. The summed E-state index contributed by atoms with van der Waals surface area (Å²) in [5.41, 5.74) is 0.0949. The molecular weight excluding hydrogens is 254 g/mol. The van der Waals surface area contributed by atoms with E-state index in [9.17, 15) is 0 Å². The van der Waals surface area contributed by atoms with E-state index in [-0.39, 0.29) is 11.7 Å². The van der Waals surface area contributed by atoms with Crippen LogP contribution in [0.5, 0.6) is 0 Å². The highest BCUT2D eigenvalue weighted by Gasteiger charge is 2.38. The van der Waals surface area contributed by atoms with E-state index in [1.807, 2.05) is 6.07 Å². The first-order valence-corrected chi connectivity index (χ1v) is 7.61. The van der Waals surface area contributed by atoms with Gasteiger partial charge in [0.15, 0.2) is 0 Å². The first-order valence-electron chi connectivity index (χ1n) is 6.41. The van der Waals surface area contributed by atoms with E-state index >= 15 is 0 Å². The minimum atomic E-state index is 0.0949. The Morgan fingerprint density at radius 1 is 1.29 bits per heavy atom. The standard InChI is InChI=1S/C13H18ClNOS/c14-12-5-4-11(17-12)10-8-15-9-13(16-10)6-2-1-3-7-13/h4-5,10,15H,1-3,6-9H2. The van der Waals surface area contributed by atoms with Gasteiger partial charge in [-0.1, -0.05) is 30.9 Å². The summed E-state index contributed by atoms with van der Waals surface area (Å²) >= 11 is 7.64. The van der Waals surface area contributed by atoms with Crippen molar-refractivity contribution in [1.29, 1.82) is 0 Å². The van der Waals surface area contributed by atoms with Crippen LogP contribution in [0.15, 0.2) is 12.1 Å². The van der Waals surface area contributed by atoms with Gasteiger partial charge in [-0.15, -0.1) is 11.3 Å². The average Bonchev–Trinajstić information content (AvgIpc) is 2.77. The molecule has 3 rings (SSSR count). The first kappa shape index (κ1) is 12.0. The number of hydrogen-bond acceptors (Lipinski definition) is 3. The lowest BCUT2D eigenvalue weighted by Crippen LogP contribution is -2.51. The summed E-state index contributed by atoms with van der Waals surface area (Å²) < 4.78 is 7.26. The van der Waals surface area contributed by atoms with Crippen molar-refractivity contribution in [3.05, 3.63) is 21.3 Å². The number of nitrogens with one attached hydrogen (secondary N) is 1. The van der Waals surface area contributed by atoms with Crippen molar-refractivity contribution in [3.8, 4) is 0 Å². The van der Waals surface area contributed by atoms with Gasteiger partial charge in [-0.25, -0.2) is 0 Å². The molecule has 94 valence electrons. The molecule has 2 aliphatic rings. The van der Waals surface area contributed by atoms with Crippen molar-refractivity contribution in [2.24, 2.45) is 0 Å². The van der Waals surface area contributed by atoms with Crippen LogP contribution in [0.25, 0.3) is 0 Å². The molecule has 1 aromatic heterocycles. The molecule has 2 fully saturated rings. The van der Waals surface area contributed by atoms with Gasteiger partial charge >= 0.3 is 0 Å². The molecule has 0 radical (unpaired) electrons. The van der Waals surface area contributed by atoms with Gasteiger partial charge in [0.05, 0.1) is 9.94 Å². The summed E-state index contributed by atoms with van der Waals surface area (Å²) in [4.78, 5) is 1.26. The number of thiophene rings is 1.